The van der Waals surface area contributed by atoms with Gasteiger partial charge in [0, 0.05) is 13.1 Å². The molecule has 0 N–H and O–H groups in total. The zero-order valence-electron chi connectivity index (χ0n) is 6.53. The van der Waals surface area contributed by atoms with Crippen molar-refractivity contribution in [3.63, 3.8) is 0 Å². The molecule has 1 nitrogen and oxygen atoms in total. The van der Waals surface area contributed by atoms with Crippen LogP contribution in [0.5, 0.6) is 0 Å². The molecule has 1 atom stereocenters. The zero-order chi connectivity index (χ0) is 7.52. The molecule has 0 bridgehead atoms. The van der Waals surface area contributed by atoms with Crippen molar-refractivity contribution in [3.05, 3.63) is 35.9 Å². The topological polar surface area (TPSA) is 14.1 Å². The highest BCUT2D eigenvalue weighted by Crippen LogP contribution is 2.21. The van der Waals surface area contributed by atoms with E-state index in [1.807, 2.05) is 0 Å². The highest BCUT2D eigenvalue weighted by molar-refractivity contribution is 5.20. The van der Waals surface area contributed by atoms with Gasteiger partial charge in [0.15, 0.2) is 0 Å². The van der Waals surface area contributed by atoms with Gasteiger partial charge in [0.25, 0.3) is 0 Å². The van der Waals surface area contributed by atoms with Crippen molar-refractivity contribution >= 4 is 0 Å². The number of hydrogen-bond acceptors (Lipinski definition) is 0. The third-order valence-corrected chi connectivity index (χ3v) is 2.26. The number of nitrogens with zero attached hydrogens (tertiary/aromatic N) is 1. The average Bonchev–Trinajstić information content (AvgIpc) is 2.58. The molecule has 0 saturated carbocycles. The summed E-state index contributed by atoms with van der Waals surface area (Å²) in [4.78, 5) is 0. The van der Waals surface area contributed by atoms with E-state index >= 15 is 0 Å². The van der Waals surface area contributed by atoms with Gasteiger partial charge in [-0.05, 0) is 17.9 Å². The molecule has 11 heavy (non-hydrogen) atoms. The van der Waals surface area contributed by atoms with Gasteiger partial charge in [0.2, 0.25) is 0 Å². The number of rotatable bonds is 1. The molecule has 0 amide bonds. The van der Waals surface area contributed by atoms with Gasteiger partial charge in [0.05, 0.1) is 0 Å². The van der Waals surface area contributed by atoms with Crippen LogP contribution in [0.1, 0.15) is 17.9 Å². The van der Waals surface area contributed by atoms with E-state index in [0.29, 0.717) is 5.92 Å². The summed E-state index contributed by atoms with van der Waals surface area (Å²) in [6.07, 6.45) is 1.24. The Hall–Kier alpha value is -0.820. The van der Waals surface area contributed by atoms with Gasteiger partial charge in [-0.3, -0.25) is 0 Å². The highest BCUT2D eigenvalue weighted by atomic mass is 14.9. The molecule has 0 spiro atoms. The van der Waals surface area contributed by atoms with Crippen molar-refractivity contribution < 1.29 is 0 Å². The molecule has 1 aromatic carbocycles. The maximum Gasteiger partial charge on any atom is 0.0202 e. The lowest BCUT2D eigenvalue weighted by Crippen LogP contribution is -2.00. The summed E-state index contributed by atoms with van der Waals surface area (Å²) in [5.74, 6) is 0.705. The Morgan fingerprint density at radius 2 is 2.00 bits per heavy atom. The van der Waals surface area contributed by atoms with E-state index in [0.717, 1.165) is 13.1 Å². The Morgan fingerprint density at radius 1 is 1.18 bits per heavy atom. The third-order valence-electron chi connectivity index (χ3n) is 2.26. The summed E-state index contributed by atoms with van der Waals surface area (Å²) in [7, 11) is 0. The lowest BCUT2D eigenvalue weighted by Gasteiger charge is -2.06. The summed E-state index contributed by atoms with van der Waals surface area (Å²) in [5, 5.41) is 4.34. The Kier molecular flexibility index (Phi) is 1.91. The predicted octanol–water partition coefficient (Wildman–Crippen LogP) is 1.78. The standard InChI is InChI=1S/C10H12N/c1-2-4-9(5-3-1)10-6-7-11-8-10/h1-5,10H,6-8H2. The molecule has 1 radical (unpaired) electrons. The molecule has 1 saturated heterocycles. The van der Waals surface area contributed by atoms with E-state index in [2.05, 4.69) is 35.6 Å². The van der Waals surface area contributed by atoms with Crippen molar-refractivity contribution in [1.29, 1.82) is 0 Å². The normalized spacial score (nSPS) is 23.8. The summed E-state index contributed by atoms with van der Waals surface area (Å²) in [6.45, 7) is 2.09. The molecule has 0 aromatic heterocycles. The first-order valence-electron chi connectivity index (χ1n) is 4.15. The largest absolute Gasteiger partial charge is 0.241 e. The lowest BCUT2D eigenvalue weighted by molar-refractivity contribution is 0.759. The number of hydrogen-bond donors (Lipinski definition) is 0. The Balaban J connectivity index is 2.16. The van der Waals surface area contributed by atoms with Crippen molar-refractivity contribution in [3.8, 4) is 0 Å². The fourth-order valence-corrected chi connectivity index (χ4v) is 1.58. The zero-order valence-corrected chi connectivity index (χ0v) is 6.53. The molecule has 1 aliphatic heterocycles. The quantitative estimate of drug-likeness (QED) is 0.573. The van der Waals surface area contributed by atoms with E-state index in [4.69, 9.17) is 0 Å². The minimum absolute atomic E-state index is 0.705. The predicted molar refractivity (Wildman–Crippen MR) is 45.7 cm³/mol. The second-order valence-corrected chi connectivity index (χ2v) is 3.03. The molecule has 1 fully saturated rings. The first-order chi connectivity index (χ1) is 5.47. The van der Waals surface area contributed by atoms with Crippen molar-refractivity contribution in [2.75, 3.05) is 13.1 Å². The summed E-state index contributed by atoms with van der Waals surface area (Å²) < 4.78 is 0. The molecule has 0 aliphatic carbocycles. The summed E-state index contributed by atoms with van der Waals surface area (Å²) in [5.41, 5.74) is 1.45. The SMILES string of the molecule is c1ccc(C2CC[N]C2)cc1. The van der Waals surface area contributed by atoms with Gasteiger partial charge in [-0.15, -0.1) is 0 Å². The van der Waals surface area contributed by atoms with E-state index < -0.39 is 0 Å². The van der Waals surface area contributed by atoms with Gasteiger partial charge in [-0.25, -0.2) is 5.32 Å². The summed E-state index contributed by atoms with van der Waals surface area (Å²) in [6, 6.07) is 10.7. The van der Waals surface area contributed by atoms with Crippen LogP contribution in [0.25, 0.3) is 0 Å². The van der Waals surface area contributed by atoms with Crippen LogP contribution >= 0.6 is 0 Å². The van der Waals surface area contributed by atoms with E-state index in [9.17, 15) is 0 Å². The molecular weight excluding hydrogens is 134 g/mol. The van der Waals surface area contributed by atoms with Crippen molar-refractivity contribution in [1.82, 2.24) is 5.32 Å². The molecular formula is C10H12N. The molecule has 1 unspecified atom stereocenters. The average molecular weight is 146 g/mol. The fourth-order valence-electron chi connectivity index (χ4n) is 1.58. The Labute approximate surface area is 67.4 Å². The van der Waals surface area contributed by atoms with Crippen LogP contribution in [0.3, 0.4) is 0 Å². The van der Waals surface area contributed by atoms with Gasteiger partial charge >= 0.3 is 0 Å². The van der Waals surface area contributed by atoms with Gasteiger partial charge in [-0.2, -0.15) is 0 Å². The second-order valence-electron chi connectivity index (χ2n) is 3.03. The van der Waals surface area contributed by atoms with Crippen LogP contribution in [0.4, 0.5) is 0 Å². The van der Waals surface area contributed by atoms with Gasteiger partial charge in [-0.1, -0.05) is 30.3 Å². The molecule has 1 aliphatic rings. The van der Waals surface area contributed by atoms with Gasteiger partial charge < -0.3 is 0 Å². The molecule has 1 heteroatoms. The maximum atomic E-state index is 4.34. The third kappa shape index (κ3) is 1.43. The molecule has 2 rings (SSSR count). The smallest absolute Gasteiger partial charge is 0.0202 e. The van der Waals surface area contributed by atoms with E-state index in [1.54, 1.807) is 0 Å². The highest BCUT2D eigenvalue weighted by Gasteiger charge is 2.16. The first kappa shape index (κ1) is 6.86. The maximum absolute atomic E-state index is 4.34. The minimum atomic E-state index is 0.705. The second kappa shape index (κ2) is 3.05. The Morgan fingerprint density at radius 3 is 2.64 bits per heavy atom. The van der Waals surface area contributed by atoms with E-state index in [-0.39, 0.29) is 0 Å². The molecule has 1 aromatic rings. The molecule has 57 valence electrons. The van der Waals surface area contributed by atoms with Crippen molar-refractivity contribution in [2.45, 2.75) is 12.3 Å². The Bertz CT molecular complexity index is 212. The monoisotopic (exact) mass is 146 g/mol. The lowest BCUT2D eigenvalue weighted by atomic mass is 9.99. The van der Waals surface area contributed by atoms with Crippen LogP contribution < -0.4 is 5.32 Å². The van der Waals surface area contributed by atoms with Crippen LogP contribution in [0.2, 0.25) is 0 Å². The summed E-state index contributed by atoms with van der Waals surface area (Å²) >= 11 is 0. The van der Waals surface area contributed by atoms with Crippen LogP contribution in [-0.4, -0.2) is 13.1 Å². The fraction of sp³-hybridized carbons (Fsp3) is 0.400. The molecule has 1 heterocycles. The van der Waals surface area contributed by atoms with Crippen LogP contribution in [0.15, 0.2) is 30.3 Å². The van der Waals surface area contributed by atoms with E-state index in [1.165, 1.54) is 12.0 Å². The van der Waals surface area contributed by atoms with Gasteiger partial charge in [0.1, 0.15) is 0 Å². The first-order valence-corrected chi connectivity index (χ1v) is 4.15. The van der Waals surface area contributed by atoms with Crippen molar-refractivity contribution in [2.24, 2.45) is 0 Å². The number of benzene rings is 1. The van der Waals surface area contributed by atoms with Crippen LogP contribution in [0, 0.1) is 0 Å². The minimum Gasteiger partial charge on any atom is -0.241 e. The van der Waals surface area contributed by atoms with Crippen LogP contribution in [-0.2, 0) is 0 Å².